The van der Waals surface area contributed by atoms with Crippen molar-refractivity contribution in [1.82, 2.24) is 5.06 Å². The third-order valence-corrected chi connectivity index (χ3v) is 1.87. The van der Waals surface area contributed by atoms with Crippen LogP contribution in [0.25, 0.3) is 0 Å². The van der Waals surface area contributed by atoms with Crippen LogP contribution in [0.2, 0.25) is 0 Å². The fourth-order valence-corrected chi connectivity index (χ4v) is 0.574. The van der Waals surface area contributed by atoms with Crippen LogP contribution in [0.5, 0.6) is 0 Å². The molecule has 64 valence electrons. The van der Waals surface area contributed by atoms with Crippen molar-refractivity contribution < 1.29 is 10.0 Å². The van der Waals surface area contributed by atoms with Gasteiger partial charge in [-0.25, -0.2) is 5.06 Å². The van der Waals surface area contributed by atoms with E-state index in [4.69, 9.17) is 0 Å². The van der Waals surface area contributed by atoms with Gasteiger partial charge >= 0.3 is 0 Å². The highest BCUT2D eigenvalue weighted by Crippen LogP contribution is 2.20. The number of amides is 1. The summed E-state index contributed by atoms with van der Waals surface area (Å²) in [5.41, 5.74) is 0.0708. The molecule has 0 spiro atoms. The second kappa shape index (κ2) is 3.05. The topological polar surface area (TPSA) is 40.5 Å². The molecule has 0 aliphatic rings. The van der Waals surface area contributed by atoms with Crippen molar-refractivity contribution >= 4 is 5.91 Å². The molecule has 11 heavy (non-hydrogen) atoms. The molecule has 0 aromatic heterocycles. The van der Waals surface area contributed by atoms with E-state index >= 15 is 0 Å². The zero-order chi connectivity index (χ0) is 9.23. The summed E-state index contributed by atoms with van der Waals surface area (Å²) in [6, 6.07) is 0. The second-order valence-corrected chi connectivity index (χ2v) is 3.17. The molecular weight excluding hydrogens is 142 g/mol. The molecule has 0 rings (SSSR count). The normalized spacial score (nSPS) is 11.0. The first-order chi connectivity index (χ1) is 4.80. The molecule has 1 amide bonds. The Balaban J connectivity index is 4.55. The van der Waals surface area contributed by atoms with Crippen molar-refractivity contribution in [2.24, 2.45) is 0 Å². The predicted molar refractivity (Wildman–Crippen MR) is 43.2 cm³/mol. The molecule has 0 unspecified atom stereocenters. The maximum Gasteiger partial charge on any atom is 0.243 e. The molecule has 0 heterocycles. The quantitative estimate of drug-likeness (QED) is 0.375. The number of nitrogens with zero attached hydrogens (tertiary/aromatic N) is 1. The Morgan fingerprint density at radius 3 is 1.91 bits per heavy atom. The minimum absolute atomic E-state index is 0.377. The van der Waals surface area contributed by atoms with Crippen LogP contribution in [0.4, 0.5) is 0 Å². The molecule has 1 N–H and O–H groups in total. The monoisotopic (exact) mass is 157 g/mol. The number of hydroxylamine groups is 2. The van der Waals surface area contributed by atoms with Crippen molar-refractivity contribution in [3.05, 3.63) is 12.2 Å². The van der Waals surface area contributed by atoms with Gasteiger partial charge in [0.15, 0.2) is 0 Å². The highest BCUT2D eigenvalue weighted by atomic mass is 16.5. The van der Waals surface area contributed by atoms with E-state index in [2.05, 4.69) is 6.58 Å². The van der Waals surface area contributed by atoms with Gasteiger partial charge in [0, 0.05) is 6.92 Å². The van der Waals surface area contributed by atoms with Gasteiger partial charge in [-0.2, -0.15) is 0 Å². The summed E-state index contributed by atoms with van der Waals surface area (Å²) >= 11 is 0. The Bertz CT molecular complexity index is 185. The SMILES string of the molecule is C=C(C)C(C)(C)N(O)C(C)=O. The molecule has 0 aliphatic heterocycles. The predicted octanol–water partition coefficient (Wildman–Crippen LogP) is 1.58. The molecule has 3 heteroatoms. The third-order valence-electron chi connectivity index (χ3n) is 1.87. The first kappa shape index (κ1) is 10.2. The van der Waals surface area contributed by atoms with Crippen LogP contribution in [0.15, 0.2) is 12.2 Å². The highest BCUT2D eigenvalue weighted by molar-refractivity contribution is 5.73. The standard InChI is InChI=1S/C8H15NO2/c1-6(2)8(4,5)9(11)7(3)10/h11H,1H2,2-5H3. The van der Waals surface area contributed by atoms with Crippen molar-refractivity contribution in [1.29, 1.82) is 0 Å². The fraction of sp³-hybridized carbons (Fsp3) is 0.625. The number of hydrogen-bond acceptors (Lipinski definition) is 2. The molecule has 3 nitrogen and oxygen atoms in total. The zero-order valence-corrected chi connectivity index (χ0v) is 7.51. The molecule has 0 saturated heterocycles. The third kappa shape index (κ3) is 2.05. The molecule has 0 aliphatic carbocycles. The Labute approximate surface area is 67.3 Å². The first-order valence-corrected chi connectivity index (χ1v) is 3.45. The van der Waals surface area contributed by atoms with Crippen LogP contribution in [0, 0.1) is 0 Å². The van der Waals surface area contributed by atoms with Crippen molar-refractivity contribution in [3.63, 3.8) is 0 Å². The Morgan fingerprint density at radius 2 is 1.82 bits per heavy atom. The summed E-state index contributed by atoms with van der Waals surface area (Å²) in [4.78, 5) is 10.7. The van der Waals surface area contributed by atoms with Gasteiger partial charge in [0.25, 0.3) is 0 Å². The van der Waals surface area contributed by atoms with Gasteiger partial charge < -0.3 is 0 Å². The van der Waals surface area contributed by atoms with Crippen LogP contribution in [0.1, 0.15) is 27.7 Å². The summed E-state index contributed by atoms with van der Waals surface area (Å²) < 4.78 is 0. The van der Waals surface area contributed by atoms with E-state index in [9.17, 15) is 10.0 Å². The molecular formula is C8H15NO2. The molecule has 0 aromatic carbocycles. The van der Waals surface area contributed by atoms with Crippen LogP contribution >= 0.6 is 0 Å². The van der Waals surface area contributed by atoms with Crippen LogP contribution in [-0.4, -0.2) is 21.7 Å². The minimum Gasteiger partial charge on any atom is -0.285 e. The molecule has 0 saturated carbocycles. The Kier molecular flexibility index (Phi) is 2.82. The largest absolute Gasteiger partial charge is 0.285 e. The zero-order valence-electron chi connectivity index (χ0n) is 7.51. The van der Waals surface area contributed by atoms with Gasteiger partial charge in [0.2, 0.25) is 5.91 Å². The van der Waals surface area contributed by atoms with E-state index in [0.29, 0.717) is 5.06 Å². The van der Waals surface area contributed by atoms with Gasteiger partial charge in [-0.05, 0) is 20.8 Å². The molecule has 0 atom stereocenters. The van der Waals surface area contributed by atoms with Crippen LogP contribution < -0.4 is 0 Å². The summed E-state index contributed by atoms with van der Waals surface area (Å²) in [6.07, 6.45) is 0. The molecule has 0 aromatic rings. The molecule has 0 bridgehead atoms. The average Bonchev–Trinajstić information content (AvgIpc) is 1.85. The van der Waals surface area contributed by atoms with E-state index in [1.807, 2.05) is 0 Å². The van der Waals surface area contributed by atoms with Gasteiger partial charge in [-0.15, -0.1) is 0 Å². The van der Waals surface area contributed by atoms with E-state index in [-0.39, 0.29) is 5.91 Å². The van der Waals surface area contributed by atoms with E-state index in [1.165, 1.54) is 6.92 Å². The molecule has 0 radical (unpaired) electrons. The van der Waals surface area contributed by atoms with Crippen molar-refractivity contribution in [2.45, 2.75) is 33.2 Å². The maximum atomic E-state index is 10.7. The van der Waals surface area contributed by atoms with E-state index in [1.54, 1.807) is 20.8 Å². The number of rotatable bonds is 2. The van der Waals surface area contributed by atoms with Crippen LogP contribution in [-0.2, 0) is 4.79 Å². The van der Waals surface area contributed by atoms with E-state index in [0.717, 1.165) is 5.57 Å². The Morgan fingerprint density at radius 1 is 1.45 bits per heavy atom. The lowest BCUT2D eigenvalue weighted by molar-refractivity contribution is -0.181. The smallest absolute Gasteiger partial charge is 0.243 e. The number of hydrogen-bond donors (Lipinski definition) is 1. The Hall–Kier alpha value is -0.830. The highest BCUT2D eigenvalue weighted by Gasteiger charge is 2.28. The second-order valence-electron chi connectivity index (χ2n) is 3.17. The summed E-state index contributed by atoms with van der Waals surface area (Å²) in [6.45, 7) is 10.2. The fourth-order valence-electron chi connectivity index (χ4n) is 0.574. The number of carbonyl (C=O) groups is 1. The van der Waals surface area contributed by atoms with Gasteiger partial charge in [0.1, 0.15) is 0 Å². The van der Waals surface area contributed by atoms with Crippen molar-refractivity contribution in [3.8, 4) is 0 Å². The van der Waals surface area contributed by atoms with Crippen molar-refractivity contribution in [2.75, 3.05) is 0 Å². The van der Waals surface area contributed by atoms with E-state index < -0.39 is 5.54 Å². The minimum atomic E-state index is -0.675. The maximum absolute atomic E-state index is 10.7. The lowest BCUT2D eigenvalue weighted by atomic mass is 9.96. The van der Waals surface area contributed by atoms with Gasteiger partial charge in [-0.1, -0.05) is 12.2 Å². The lowest BCUT2D eigenvalue weighted by Gasteiger charge is -2.32. The first-order valence-electron chi connectivity index (χ1n) is 3.45. The number of carbonyl (C=O) groups excluding carboxylic acids is 1. The molecule has 0 fully saturated rings. The average molecular weight is 157 g/mol. The summed E-state index contributed by atoms with van der Waals surface area (Å²) in [5, 5.41) is 9.94. The summed E-state index contributed by atoms with van der Waals surface area (Å²) in [5.74, 6) is -0.377. The van der Waals surface area contributed by atoms with Crippen LogP contribution in [0.3, 0.4) is 0 Å². The lowest BCUT2D eigenvalue weighted by Crippen LogP contribution is -2.45. The van der Waals surface area contributed by atoms with Gasteiger partial charge in [0.05, 0.1) is 5.54 Å². The van der Waals surface area contributed by atoms with Gasteiger partial charge in [-0.3, -0.25) is 10.0 Å². The summed E-state index contributed by atoms with van der Waals surface area (Å²) in [7, 11) is 0.